The summed E-state index contributed by atoms with van der Waals surface area (Å²) >= 11 is 0. The molecule has 2 saturated carbocycles. The predicted octanol–water partition coefficient (Wildman–Crippen LogP) is 3.68. The predicted molar refractivity (Wildman–Crippen MR) is 98.6 cm³/mol. The van der Waals surface area contributed by atoms with E-state index in [4.69, 9.17) is 5.73 Å². The third-order valence-electron chi connectivity index (χ3n) is 5.49. The highest BCUT2D eigenvalue weighted by Crippen LogP contribution is 2.24. The minimum Gasteiger partial charge on any atom is -0.399 e. The van der Waals surface area contributed by atoms with E-state index in [9.17, 15) is 4.79 Å². The molecule has 0 aliphatic heterocycles. The molecule has 4 nitrogen and oxygen atoms in total. The first-order valence-electron chi connectivity index (χ1n) is 9.64. The maximum Gasteiger partial charge on any atom is 0.241 e. The molecule has 4 heteroatoms. The van der Waals surface area contributed by atoms with E-state index in [-0.39, 0.29) is 11.9 Å². The van der Waals surface area contributed by atoms with Gasteiger partial charge in [0.25, 0.3) is 0 Å². The molecule has 0 radical (unpaired) electrons. The lowest BCUT2D eigenvalue weighted by Gasteiger charge is -2.30. The van der Waals surface area contributed by atoms with Crippen molar-refractivity contribution in [2.24, 2.45) is 0 Å². The van der Waals surface area contributed by atoms with E-state index in [1.165, 1.54) is 51.4 Å². The molecule has 0 heterocycles. The van der Waals surface area contributed by atoms with Gasteiger partial charge in [-0.25, -0.2) is 0 Å². The number of hydrogen-bond acceptors (Lipinski definition) is 3. The van der Waals surface area contributed by atoms with Crippen LogP contribution in [-0.2, 0) is 4.79 Å². The molecule has 1 unspecified atom stereocenters. The number of carbonyl (C=O) groups is 1. The van der Waals surface area contributed by atoms with Gasteiger partial charge in [-0.3, -0.25) is 10.1 Å². The van der Waals surface area contributed by atoms with Gasteiger partial charge in [0.2, 0.25) is 5.91 Å². The summed E-state index contributed by atoms with van der Waals surface area (Å²) in [6.45, 7) is 0. The van der Waals surface area contributed by atoms with Crippen molar-refractivity contribution < 1.29 is 4.79 Å². The van der Waals surface area contributed by atoms with E-state index in [1.54, 1.807) is 0 Å². The molecule has 0 bridgehead atoms. The average Bonchev–Trinajstić information content (AvgIpc) is 2.62. The monoisotopic (exact) mass is 329 g/mol. The van der Waals surface area contributed by atoms with Gasteiger partial charge in [-0.05, 0) is 43.4 Å². The summed E-state index contributed by atoms with van der Waals surface area (Å²) in [6.07, 6.45) is 12.2. The molecule has 2 aliphatic carbocycles. The molecule has 4 N–H and O–H groups in total. The highest BCUT2D eigenvalue weighted by atomic mass is 16.2. The molecule has 1 amide bonds. The van der Waals surface area contributed by atoms with Crippen molar-refractivity contribution in [2.45, 2.75) is 82.3 Å². The number of benzene rings is 1. The Balaban J connectivity index is 1.69. The quantitative estimate of drug-likeness (QED) is 0.722. The number of carbonyl (C=O) groups excluding carboxylic acids is 1. The van der Waals surface area contributed by atoms with Crippen molar-refractivity contribution >= 4 is 11.6 Å². The van der Waals surface area contributed by atoms with Crippen LogP contribution in [0, 0.1) is 0 Å². The lowest BCUT2D eigenvalue weighted by molar-refractivity contribution is -0.124. The number of anilines is 1. The van der Waals surface area contributed by atoms with Gasteiger partial charge in [-0.15, -0.1) is 0 Å². The van der Waals surface area contributed by atoms with Crippen LogP contribution in [0.25, 0.3) is 0 Å². The fourth-order valence-electron chi connectivity index (χ4n) is 4.05. The summed E-state index contributed by atoms with van der Waals surface area (Å²) in [4.78, 5) is 13.0. The number of rotatable bonds is 5. The van der Waals surface area contributed by atoms with E-state index < -0.39 is 0 Å². The molecular weight excluding hydrogens is 298 g/mol. The Kier molecular flexibility index (Phi) is 6.13. The number of hydrogen-bond donors (Lipinski definition) is 3. The topological polar surface area (TPSA) is 67.1 Å². The maximum atomic E-state index is 13.0. The Morgan fingerprint density at radius 2 is 1.42 bits per heavy atom. The van der Waals surface area contributed by atoms with Crippen molar-refractivity contribution in [3.8, 4) is 0 Å². The Hall–Kier alpha value is -1.55. The van der Waals surface area contributed by atoms with Gasteiger partial charge in [0.1, 0.15) is 6.04 Å². The number of nitrogen functional groups attached to an aromatic ring is 1. The van der Waals surface area contributed by atoms with Gasteiger partial charge in [0.15, 0.2) is 0 Å². The molecular formula is C20H31N3O. The van der Waals surface area contributed by atoms with Gasteiger partial charge in [0.05, 0.1) is 0 Å². The summed E-state index contributed by atoms with van der Waals surface area (Å²) in [5, 5.41) is 6.92. The summed E-state index contributed by atoms with van der Waals surface area (Å²) < 4.78 is 0. The van der Waals surface area contributed by atoms with Crippen LogP contribution < -0.4 is 16.4 Å². The van der Waals surface area contributed by atoms with Crippen molar-refractivity contribution in [3.05, 3.63) is 29.8 Å². The second-order valence-electron chi connectivity index (χ2n) is 7.44. The average molecular weight is 329 g/mol. The molecule has 0 spiro atoms. The standard InChI is InChI=1S/C20H31N3O/c21-16-13-11-15(12-14-16)19(22-17-7-3-1-4-8-17)20(24)23-18-9-5-2-6-10-18/h11-14,17-19,22H,1-10,21H2,(H,23,24). The van der Waals surface area contributed by atoms with E-state index in [1.807, 2.05) is 24.3 Å². The van der Waals surface area contributed by atoms with Crippen LogP contribution in [-0.4, -0.2) is 18.0 Å². The minimum atomic E-state index is -0.268. The Morgan fingerprint density at radius 3 is 2.00 bits per heavy atom. The summed E-state index contributed by atoms with van der Waals surface area (Å²) in [6, 6.07) is 8.26. The van der Waals surface area contributed by atoms with Crippen LogP contribution in [0.5, 0.6) is 0 Å². The largest absolute Gasteiger partial charge is 0.399 e. The van der Waals surface area contributed by atoms with E-state index in [0.717, 1.165) is 24.1 Å². The van der Waals surface area contributed by atoms with E-state index in [2.05, 4.69) is 10.6 Å². The Morgan fingerprint density at radius 1 is 0.875 bits per heavy atom. The fourth-order valence-corrected chi connectivity index (χ4v) is 4.05. The SMILES string of the molecule is Nc1ccc(C(NC2CCCCC2)C(=O)NC2CCCCC2)cc1. The maximum absolute atomic E-state index is 13.0. The summed E-state index contributed by atoms with van der Waals surface area (Å²) in [5.74, 6) is 0.122. The third-order valence-corrected chi connectivity index (χ3v) is 5.49. The smallest absolute Gasteiger partial charge is 0.241 e. The molecule has 1 aromatic carbocycles. The van der Waals surface area contributed by atoms with Crippen molar-refractivity contribution in [1.82, 2.24) is 10.6 Å². The van der Waals surface area contributed by atoms with Gasteiger partial charge < -0.3 is 11.1 Å². The highest BCUT2D eigenvalue weighted by molar-refractivity contribution is 5.83. The van der Waals surface area contributed by atoms with Crippen LogP contribution in [0.4, 0.5) is 5.69 Å². The normalized spacial score (nSPS) is 21.3. The number of nitrogens with two attached hydrogens (primary N) is 1. The first kappa shape index (κ1) is 17.3. The zero-order valence-electron chi connectivity index (χ0n) is 14.6. The van der Waals surface area contributed by atoms with Gasteiger partial charge in [-0.2, -0.15) is 0 Å². The molecule has 3 rings (SSSR count). The van der Waals surface area contributed by atoms with E-state index >= 15 is 0 Å². The molecule has 0 aromatic heterocycles. The number of amides is 1. The Labute approximate surface area is 145 Å². The molecule has 2 fully saturated rings. The first-order chi connectivity index (χ1) is 11.7. The van der Waals surface area contributed by atoms with Crippen molar-refractivity contribution in [3.63, 3.8) is 0 Å². The highest BCUT2D eigenvalue weighted by Gasteiger charge is 2.27. The molecule has 24 heavy (non-hydrogen) atoms. The van der Waals surface area contributed by atoms with Crippen LogP contribution in [0.15, 0.2) is 24.3 Å². The molecule has 132 valence electrons. The second-order valence-corrected chi connectivity index (χ2v) is 7.44. The molecule has 0 saturated heterocycles. The van der Waals surface area contributed by atoms with Gasteiger partial charge >= 0.3 is 0 Å². The van der Waals surface area contributed by atoms with Crippen LogP contribution in [0.2, 0.25) is 0 Å². The lowest BCUT2D eigenvalue weighted by Crippen LogP contribution is -2.46. The van der Waals surface area contributed by atoms with Gasteiger partial charge in [0, 0.05) is 17.8 Å². The summed E-state index contributed by atoms with van der Waals surface area (Å²) in [7, 11) is 0. The van der Waals surface area contributed by atoms with Crippen LogP contribution in [0.3, 0.4) is 0 Å². The Bertz CT molecular complexity index is 516. The molecule has 1 aromatic rings. The molecule has 2 aliphatic rings. The summed E-state index contributed by atoms with van der Waals surface area (Å²) in [5.41, 5.74) is 7.57. The van der Waals surface area contributed by atoms with E-state index in [0.29, 0.717) is 12.1 Å². The van der Waals surface area contributed by atoms with Gasteiger partial charge in [-0.1, -0.05) is 50.7 Å². The third kappa shape index (κ3) is 4.73. The zero-order chi connectivity index (χ0) is 16.8. The minimum absolute atomic E-state index is 0.122. The zero-order valence-corrected chi connectivity index (χ0v) is 14.6. The lowest BCUT2D eigenvalue weighted by atomic mass is 9.93. The van der Waals surface area contributed by atoms with Crippen molar-refractivity contribution in [2.75, 3.05) is 5.73 Å². The first-order valence-corrected chi connectivity index (χ1v) is 9.64. The fraction of sp³-hybridized carbons (Fsp3) is 0.650. The second kappa shape index (κ2) is 8.52. The molecule has 1 atom stereocenters. The van der Waals surface area contributed by atoms with Crippen LogP contribution in [0.1, 0.15) is 75.8 Å². The van der Waals surface area contributed by atoms with Crippen molar-refractivity contribution in [1.29, 1.82) is 0 Å². The number of nitrogens with one attached hydrogen (secondary N) is 2. The van der Waals surface area contributed by atoms with Crippen LogP contribution >= 0.6 is 0 Å².